The lowest BCUT2D eigenvalue weighted by atomic mass is 10.1. The van der Waals surface area contributed by atoms with Gasteiger partial charge in [0.05, 0.1) is 6.04 Å². The van der Waals surface area contributed by atoms with Gasteiger partial charge in [0.25, 0.3) is 5.91 Å². The summed E-state index contributed by atoms with van der Waals surface area (Å²) in [6, 6.07) is 20.7. The zero-order valence-corrected chi connectivity index (χ0v) is 15.6. The Kier molecular flexibility index (Phi) is 4.76. The highest BCUT2D eigenvalue weighted by atomic mass is 32.1. The zero-order valence-electron chi connectivity index (χ0n) is 14.8. The van der Waals surface area contributed by atoms with Gasteiger partial charge in [-0.05, 0) is 48.6 Å². The summed E-state index contributed by atoms with van der Waals surface area (Å²) in [7, 11) is 0. The molecular formula is C22H22N2OS. The number of anilines is 1. The number of hydrogen-bond donors (Lipinski definition) is 1. The Hall–Kier alpha value is -2.59. The van der Waals surface area contributed by atoms with Crippen molar-refractivity contribution in [2.45, 2.75) is 19.4 Å². The highest BCUT2D eigenvalue weighted by Gasteiger charge is 2.28. The molecule has 0 unspecified atom stereocenters. The number of hydrogen-bond acceptors (Lipinski definition) is 3. The van der Waals surface area contributed by atoms with Crippen molar-refractivity contribution in [2.75, 3.05) is 18.0 Å². The fraction of sp³-hybridized carbons (Fsp3) is 0.227. The standard InChI is InChI=1S/C22H22N2OS/c1-16-8-10-18(11-9-16)22(25)23-15-20(21-7-4-14-26-21)24-13-12-17-5-2-3-6-19(17)24/h2-11,14,20H,12-13,15H2,1H3,(H,23,25)/t20-/m0/s1. The number of para-hydroxylation sites is 1. The molecule has 0 spiro atoms. The van der Waals surface area contributed by atoms with Crippen LogP contribution in [0, 0.1) is 6.92 Å². The molecule has 1 atom stereocenters. The molecule has 0 radical (unpaired) electrons. The molecule has 0 bridgehead atoms. The normalized spacial score (nSPS) is 14.1. The molecule has 2 aromatic carbocycles. The van der Waals surface area contributed by atoms with Gasteiger partial charge in [0.2, 0.25) is 0 Å². The van der Waals surface area contributed by atoms with Crippen LogP contribution in [0.2, 0.25) is 0 Å². The van der Waals surface area contributed by atoms with E-state index in [0.29, 0.717) is 12.1 Å². The van der Waals surface area contributed by atoms with Gasteiger partial charge in [-0.25, -0.2) is 0 Å². The van der Waals surface area contributed by atoms with E-state index in [1.807, 2.05) is 31.2 Å². The van der Waals surface area contributed by atoms with Crippen molar-refractivity contribution in [3.63, 3.8) is 0 Å². The third-order valence-corrected chi connectivity index (χ3v) is 5.91. The lowest BCUT2D eigenvalue weighted by Crippen LogP contribution is -2.37. The van der Waals surface area contributed by atoms with Gasteiger partial charge in [-0.2, -0.15) is 0 Å². The zero-order chi connectivity index (χ0) is 17.9. The van der Waals surface area contributed by atoms with Crippen LogP contribution in [-0.2, 0) is 6.42 Å². The number of carbonyl (C=O) groups is 1. The smallest absolute Gasteiger partial charge is 0.251 e. The fourth-order valence-electron chi connectivity index (χ4n) is 3.53. The number of nitrogens with zero attached hydrogens (tertiary/aromatic N) is 1. The molecule has 0 saturated carbocycles. The summed E-state index contributed by atoms with van der Waals surface area (Å²) in [6.07, 6.45) is 1.06. The Balaban J connectivity index is 1.54. The number of fused-ring (bicyclic) bond motifs is 1. The van der Waals surface area contributed by atoms with Gasteiger partial charge in [-0.1, -0.05) is 42.0 Å². The minimum Gasteiger partial charge on any atom is -0.361 e. The number of aryl methyl sites for hydroxylation is 1. The fourth-order valence-corrected chi connectivity index (χ4v) is 4.37. The molecule has 0 aliphatic carbocycles. The molecule has 0 fully saturated rings. The molecule has 0 saturated heterocycles. The van der Waals surface area contributed by atoms with E-state index in [4.69, 9.17) is 0 Å². The lowest BCUT2D eigenvalue weighted by molar-refractivity contribution is 0.0951. The first-order chi connectivity index (χ1) is 12.7. The summed E-state index contributed by atoms with van der Waals surface area (Å²) >= 11 is 1.75. The van der Waals surface area contributed by atoms with Crippen molar-refractivity contribution in [3.8, 4) is 0 Å². The van der Waals surface area contributed by atoms with Crippen molar-refractivity contribution < 1.29 is 4.79 Å². The molecule has 1 N–H and O–H groups in total. The first-order valence-corrected chi connectivity index (χ1v) is 9.83. The molecular weight excluding hydrogens is 340 g/mol. The van der Waals surface area contributed by atoms with Crippen molar-refractivity contribution in [1.29, 1.82) is 0 Å². The quantitative estimate of drug-likeness (QED) is 0.720. The second kappa shape index (κ2) is 7.34. The first-order valence-electron chi connectivity index (χ1n) is 8.95. The molecule has 3 nitrogen and oxygen atoms in total. The van der Waals surface area contributed by atoms with Crippen LogP contribution in [0.4, 0.5) is 5.69 Å². The van der Waals surface area contributed by atoms with E-state index < -0.39 is 0 Å². The predicted molar refractivity (Wildman–Crippen MR) is 108 cm³/mol. The maximum absolute atomic E-state index is 12.6. The van der Waals surface area contributed by atoms with E-state index in [9.17, 15) is 4.79 Å². The van der Waals surface area contributed by atoms with Crippen molar-refractivity contribution in [1.82, 2.24) is 5.32 Å². The third-order valence-electron chi connectivity index (χ3n) is 4.94. The monoisotopic (exact) mass is 362 g/mol. The van der Waals surface area contributed by atoms with Crippen LogP contribution in [0.3, 0.4) is 0 Å². The van der Waals surface area contributed by atoms with E-state index in [-0.39, 0.29) is 11.9 Å². The summed E-state index contributed by atoms with van der Waals surface area (Å²) in [5, 5.41) is 5.24. The van der Waals surface area contributed by atoms with Crippen molar-refractivity contribution in [3.05, 3.63) is 87.6 Å². The van der Waals surface area contributed by atoms with Gasteiger partial charge in [-0.3, -0.25) is 4.79 Å². The van der Waals surface area contributed by atoms with E-state index in [2.05, 4.69) is 52.0 Å². The maximum atomic E-state index is 12.6. The predicted octanol–water partition coefficient (Wildman–Crippen LogP) is 4.59. The van der Waals surface area contributed by atoms with Gasteiger partial charge < -0.3 is 10.2 Å². The van der Waals surface area contributed by atoms with Crippen LogP contribution in [0.1, 0.15) is 32.4 Å². The largest absolute Gasteiger partial charge is 0.361 e. The van der Waals surface area contributed by atoms with Crippen LogP contribution >= 0.6 is 11.3 Å². The molecule has 4 rings (SSSR count). The summed E-state index contributed by atoms with van der Waals surface area (Å²) in [5.74, 6) is -0.0148. The number of thiophene rings is 1. The second-order valence-electron chi connectivity index (χ2n) is 6.68. The summed E-state index contributed by atoms with van der Waals surface area (Å²) < 4.78 is 0. The number of rotatable bonds is 5. The summed E-state index contributed by atoms with van der Waals surface area (Å²) in [4.78, 5) is 16.3. The van der Waals surface area contributed by atoms with Gasteiger partial charge >= 0.3 is 0 Å². The molecule has 2 heterocycles. The Morgan fingerprint density at radius 2 is 1.92 bits per heavy atom. The molecule has 1 aliphatic rings. The van der Waals surface area contributed by atoms with Crippen molar-refractivity contribution >= 4 is 22.9 Å². The van der Waals surface area contributed by atoms with Crippen LogP contribution in [0.15, 0.2) is 66.0 Å². The average Bonchev–Trinajstić information content (AvgIpc) is 3.33. The topological polar surface area (TPSA) is 32.3 Å². The third kappa shape index (κ3) is 3.37. The SMILES string of the molecule is Cc1ccc(C(=O)NC[C@@H](c2cccs2)N2CCc3ccccc32)cc1. The van der Waals surface area contributed by atoms with Crippen LogP contribution in [0.25, 0.3) is 0 Å². The molecule has 4 heteroatoms. The molecule has 3 aromatic rings. The van der Waals surface area contributed by atoms with Gasteiger partial charge in [0.1, 0.15) is 0 Å². The molecule has 132 valence electrons. The molecule has 1 amide bonds. The van der Waals surface area contributed by atoms with Gasteiger partial charge in [0, 0.05) is 29.2 Å². The van der Waals surface area contributed by atoms with Crippen LogP contribution < -0.4 is 10.2 Å². The lowest BCUT2D eigenvalue weighted by Gasteiger charge is -2.30. The van der Waals surface area contributed by atoms with Gasteiger partial charge in [-0.15, -0.1) is 11.3 Å². The summed E-state index contributed by atoms with van der Waals surface area (Å²) in [6.45, 7) is 3.61. The van der Waals surface area contributed by atoms with Gasteiger partial charge in [0.15, 0.2) is 0 Å². The highest BCUT2D eigenvalue weighted by molar-refractivity contribution is 7.10. The molecule has 1 aromatic heterocycles. The average molecular weight is 362 g/mol. The minimum atomic E-state index is -0.0148. The molecule has 26 heavy (non-hydrogen) atoms. The highest BCUT2D eigenvalue weighted by Crippen LogP contribution is 2.36. The Labute approximate surface area is 158 Å². The van der Waals surface area contributed by atoms with E-state index in [1.54, 1.807) is 11.3 Å². The van der Waals surface area contributed by atoms with Crippen LogP contribution in [-0.4, -0.2) is 19.0 Å². The maximum Gasteiger partial charge on any atom is 0.251 e. The van der Waals surface area contributed by atoms with Crippen molar-refractivity contribution in [2.24, 2.45) is 0 Å². The van der Waals surface area contributed by atoms with E-state index in [1.165, 1.54) is 16.1 Å². The number of nitrogens with one attached hydrogen (secondary N) is 1. The molecule has 1 aliphatic heterocycles. The van der Waals surface area contributed by atoms with E-state index >= 15 is 0 Å². The number of benzene rings is 2. The Bertz CT molecular complexity index is 887. The van der Waals surface area contributed by atoms with Crippen LogP contribution in [0.5, 0.6) is 0 Å². The first kappa shape index (κ1) is 16.9. The second-order valence-corrected chi connectivity index (χ2v) is 7.66. The number of amides is 1. The number of carbonyl (C=O) groups excluding carboxylic acids is 1. The minimum absolute atomic E-state index is 0.0148. The summed E-state index contributed by atoms with van der Waals surface area (Å²) in [5.41, 5.74) is 4.54. The van der Waals surface area contributed by atoms with E-state index in [0.717, 1.165) is 18.5 Å². The Morgan fingerprint density at radius 3 is 2.69 bits per heavy atom. The Morgan fingerprint density at radius 1 is 1.12 bits per heavy atom.